The number of halogens is 2. The van der Waals surface area contributed by atoms with Gasteiger partial charge in [-0.25, -0.2) is 9.78 Å². The molecule has 0 spiro atoms. The molecule has 1 aromatic carbocycles. The first-order valence-corrected chi connectivity index (χ1v) is 8.60. The van der Waals surface area contributed by atoms with Crippen molar-refractivity contribution in [3.05, 3.63) is 51.0 Å². The molecule has 1 heterocycles. The highest BCUT2D eigenvalue weighted by Crippen LogP contribution is 2.27. The number of aromatic carboxylic acids is 1. The third-order valence-corrected chi connectivity index (χ3v) is 4.73. The number of carboxylic acid groups (broad SMARTS) is 1. The molecule has 0 aliphatic carbocycles. The molecule has 0 saturated heterocycles. The van der Waals surface area contributed by atoms with Gasteiger partial charge in [-0.1, -0.05) is 27.7 Å². The summed E-state index contributed by atoms with van der Waals surface area (Å²) in [6.07, 6.45) is 1.50. The van der Waals surface area contributed by atoms with Gasteiger partial charge in [-0.2, -0.15) is 0 Å². The Morgan fingerprint density at radius 1 is 1.27 bits per heavy atom. The van der Waals surface area contributed by atoms with Gasteiger partial charge in [0, 0.05) is 15.1 Å². The van der Waals surface area contributed by atoms with Crippen molar-refractivity contribution in [2.45, 2.75) is 5.03 Å². The lowest BCUT2D eigenvalue weighted by molar-refractivity contribution is -0.113. The fourth-order valence-electron chi connectivity index (χ4n) is 1.58. The van der Waals surface area contributed by atoms with Gasteiger partial charge in [0.15, 0.2) is 0 Å². The largest absolute Gasteiger partial charge is 0.478 e. The monoisotopic (exact) mass is 444 g/mol. The Morgan fingerprint density at radius 2 is 2.05 bits per heavy atom. The third kappa shape index (κ3) is 4.56. The van der Waals surface area contributed by atoms with E-state index in [0.717, 1.165) is 20.7 Å². The maximum Gasteiger partial charge on any atom is 0.338 e. The molecule has 5 nitrogen and oxygen atoms in total. The Hall–Kier alpha value is -1.38. The van der Waals surface area contributed by atoms with Crippen LogP contribution in [0.3, 0.4) is 0 Å². The van der Waals surface area contributed by atoms with Gasteiger partial charge in [0.1, 0.15) is 5.03 Å². The number of thioether (sulfide) groups is 1. The Morgan fingerprint density at radius 3 is 2.77 bits per heavy atom. The van der Waals surface area contributed by atoms with E-state index in [0.29, 0.717) is 10.7 Å². The average molecular weight is 446 g/mol. The van der Waals surface area contributed by atoms with E-state index in [1.165, 1.54) is 12.3 Å². The molecule has 0 atom stereocenters. The van der Waals surface area contributed by atoms with E-state index < -0.39 is 5.97 Å². The number of aromatic nitrogens is 1. The van der Waals surface area contributed by atoms with E-state index in [1.807, 2.05) is 12.1 Å². The second-order valence-corrected chi connectivity index (χ2v) is 6.86. The van der Waals surface area contributed by atoms with Crippen LogP contribution in [0.4, 0.5) is 5.69 Å². The number of carbonyl (C=O) groups excluding carboxylic acids is 1. The average Bonchev–Trinajstić information content (AvgIpc) is 2.49. The SMILES string of the molecule is O=C(CSc1ncccc1C(=O)O)Nc1cc(Br)ccc1Br. The van der Waals surface area contributed by atoms with E-state index in [-0.39, 0.29) is 17.2 Å². The minimum Gasteiger partial charge on any atom is -0.478 e. The number of hydrogen-bond donors (Lipinski definition) is 2. The summed E-state index contributed by atoms with van der Waals surface area (Å²) in [7, 11) is 0. The molecule has 2 rings (SSSR count). The quantitative estimate of drug-likeness (QED) is 0.679. The number of carboxylic acids is 1. The van der Waals surface area contributed by atoms with Gasteiger partial charge in [-0.05, 0) is 46.3 Å². The molecule has 0 aliphatic heterocycles. The van der Waals surface area contributed by atoms with Crippen LogP contribution in [0.5, 0.6) is 0 Å². The first-order valence-electron chi connectivity index (χ1n) is 6.03. The number of nitrogens with one attached hydrogen (secondary N) is 1. The van der Waals surface area contributed by atoms with E-state index in [4.69, 9.17) is 5.11 Å². The molecule has 0 fully saturated rings. The highest BCUT2D eigenvalue weighted by atomic mass is 79.9. The molecule has 8 heteroatoms. The molecule has 114 valence electrons. The van der Waals surface area contributed by atoms with Crippen molar-refractivity contribution in [1.82, 2.24) is 4.98 Å². The normalized spacial score (nSPS) is 10.3. The number of benzene rings is 1. The van der Waals surface area contributed by atoms with Crippen LogP contribution in [0.15, 0.2) is 50.5 Å². The summed E-state index contributed by atoms with van der Waals surface area (Å²) in [5.74, 6) is -1.24. The molecule has 1 amide bonds. The maximum absolute atomic E-state index is 12.0. The Kier molecular flexibility index (Phi) is 5.98. The number of rotatable bonds is 5. The first kappa shape index (κ1) is 17.0. The van der Waals surface area contributed by atoms with Crippen molar-refractivity contribution in [2.75, 3.05) is 11.1 Å². The fourth-order valence-corrected chi connectivity index (χ4v) is 3.08. The topological polar surface area (TPSA) is 79.3 Å². The van der Waals surface area contributed by atoms with Gasteiger partial charge in [0.05, 0.1) is 17.0 Å². The summed E-state index contributed by atoms with van der Waals surface area (Å²) < 4.78 is 1.61. The summed E-state index contributed by atoms with van der Waals surface area (Å²) >= 11 is 7.77. The van der Waals surface area contributed by atoms with Crippen LogP contribution in [0, 0.1) is 0 Å². The molecular weight excluding hydrogens is 436 g/mol. The van der Waals surface area contributed by atoms with Crippen LogP contribution in [-0.2, 0) is 4.79 Å². The Bertz CT molecular complexity index is 725. The van der Waals surface area contributed by atoms with E-state index in [2.05, 4.69) is 42.2 Å². The minimum absolute atomic E-state index is 0.0657. The molecule has 2 N–H and O–H groups in total. The van der Waals surface area contributed by atoms with E-state index >= 15 is 0 Å². The number of amides is 1. The Balaban J connectivity index is 2.02. The smallest absolute Gasteiger partial charge is 0.338 e. The highest BCUT2D eigenvalue weighted by Gasteiger charge is 2.13. The summed E-state index contributed by atoms with van der Waals surface area (Å²) in [5.41, 5.74) is 0.725. The van der Waals surface area contributed by atoms with E-state index in [9.17, 15) is 9.59 Å². The van der Waals surface area contributed by atoms with Gasteiger partial charge >= 0.3 is 5.97 Å². The second-order valence-electron chi connectivity index (χ2n) is 4.12. The standard InChI is InChI=1S/C14H10Br2N2O3S/c15-8-3-4-10(16)11(6-8)18-12(19)7-22-13-9(14(20)21)2-1-5-17-13/h1-6H,7H2,(H,18,19)(H,20,21). The molecule has 1 aromatic heterocycles. The summed E-state index contributed by atoms with van der Waals surface area (Å²) in [5, 5.41) is 12.1. The number of pyridine rings is 1. The summed E-state index contributed by atoms with van der Waals surface area (Å²) in [6, 6.07) is 8.44. The van der Waals surface area contributed by atoms with Crippen molar-refractivity contribution in [1.29, 1.82) is 0 Å². The van der Waals surface area contributed by atoms with Crippen molar-refractivity contribution in [3.8, 4) is 0 Å². The van der Waals surface area contributed by atoms with Crippen molar-refractivity contribution < 1.29 is 14.7 Å². The molecule has 2 aromatic rings. The fraction of sp³-hybridized carbons (Fsp3) is 0.0714. The van der Waals surface area contributed by atoms with Crippen molar-refractivity contribution >= 4 is 61.2 Å². The molecule has 0 saturated carbocycles. The molecule has 22 heavy (non-hydrogen) atoms. The van der Waals surface area contributed by atoms with Crippen LogP contribution in [0.1, 0.15) is 10.4 Å². The lowest BCUT2D eigenvalue weighted by Crippen LogP contribution is -2.15. The maximum atomic E-state index is 12.0. The number of anilines is 1. The van der Waals surface area contributed by atoms with Crippen LogP contribution in [0.25, 0.3) is 0 Å². The molecule has 0 bridgehead atoms. The van der Waals surface area contributed by atoms with Crippen LogP contribution >= 0.6 is 43.6 Å². The van der Waals surface area contributed by atoms with Crippen molar-refractivity contribution in [2.24, 2.45) is 0 Å². The zero-order valence-electron chi connectivity index (χ0n) is 11.0. The minimum atomic E-state index is -1.06. The zero-order chi connectivity index (χ0) is 16.1. The molecular formula is C14H10Br2N2O3S. The van der Waals surface area contributed by atoms with Gasteiger partial charge in [0.2, 0.25) is 5.91 Å². The van der Waals surface area contributed by atoms with Gasteiger partial charge in [-0.15, -0.1) is 0 Å². The molecule has 0 unspecified atom stereocenters. The zero-order valence-corrected chi connectivity index (χ0v) is 15.0. The second kappa shape index (κ2) is 7.75. The highest BCUT2D eigenvalue weighted by molar-refractivity contribution is 9.11. The number of nitrogens with zero attached hydrogens (tertiary/aromatic N) is 1. The van der Waals surface area contributed by atoms with Gasteiger partial charge in [0.25, 0.3) is 0 Å². The van der Waals surface area contributed by atoms with Crippen LogP contribution < -0.4 is 5.32 Å². The van der Waals surface area contributed by atoms with Crippen molar-refractivity contribution in [3.63, 3.8) is 0 Å². The van der Waals surface area contributed by atoms with Crippen LogP contribution in [-0.4, -0.2) is 27.7 Å². The van der Waals surface area contributed by atoms with E-state index in [1.54, 1.807) is 12.1 Å². The van der Waals surface area contributed by atoms with Crippen LogP contribution in [0.2, 0.25) is 0 Å². The summed E-state index contributed by atoms with van der Waals surface area (Å²) in [4.78, 5) is 27.1. The number of hydrogen-bond acceptors (Lipinski definition) is 4. The number of carbonyl (C=O) groups is 2. The predicted octanol–water partition coefficient (Wildman–Crippen LogP) is 4.04. The third-order valence-electron chi connectivity index (χ3n) is 2.54. The van der Waals surface area contributed by atoms with Gasteiger partial charge in [-0.3, -0.25) is 4.79 Å². The predicted molar refractivity (Wildman–Crippen MR) is 92.4 cm³/mol. The molecule has 0 aliphatic rings. The lowest BCUT2D eigenvalue weighted by Gasteiger charge is -2.08. The molecule has 0 radical (unpaired) electrons. The lowest BCUT2D eigenvalue weighted by atomic mass is 10.3. The summed E-state index contributed by atoms with van der Waals surface area (Å²) in [6.45, 7) is 0. The Labute approximate surface area is 147 Å². The van der Waals surface area contributed by atoms with Gasteiger partial charge < -0.3 is 10.4 Å². The first-order chi connectivity index (χ1) is 10.5.